The van der Waals surface area contributed by atoms with Crippen LogP contribution in [0.3, 0.4) is 0 Å². The van der Waals surface area contributed by atoms with Gasteiger partial charge in [-0.15, -0.1) is 0 Å². The van der Waals surface area contributed by atoms with E-state index in [2.05, 4.69) is 20.0 Å². The van der Waals surface area contributed by atoms with Crippen molar-refractivity contribution in [1.29, 1.82) is 0 Å². The van der Waals surface area contributed by atoms with E-state index in [4.69, 9.17) is 4.74 Å². The van der Waals surface area contributed by atoms with Gasteiger partial charge in [0.2, 0.25) is 0 Å². The number of nitrogens with one attached hydrogen (secondary N) is 1. The average Bonchev–Trinajstić information content (AvgIpc) is 2.45. The number of halogens is 2. The highest BCUT2D eigenvalue weighted by molar-refractivity contribution is 5.99. The summed E-state index contributed by atoms with van der Waals surface area (Å²) in [5, 5.41) is 3.83. The van der Waals surface area contributed by atoms with Crippen molar-refractivity contribution in [2.45, 2.75) is 20.5 Å². The van der Waals surface area contributed by atoms with Gasteiger partial charge in [-0.1, -0.05) is 0 Å². The van der Waals surface area contributed by atoms with Crippen LogP contribution in [-0.2, 0) is 4.74 Å². The third-order valence-electron chi connectivity index (χ3n) is 2.39. The molecule has 0 fully saturated rings. The number of hydrogen-bond donors (Lipinski definition) is 1. The highest BCUT2D eigenvalue weighted by atomic mass is 19.3. The molecule has 1 aromatic rings. The van der Waals surface area contributed by atoms with Gasteiger partial charge in [0.1, 0.15) is 0 Å². The quantitative estimate of drug-likeness (QED) is 0.648. The Morgan fingerprint density at radius 1 is 1.38 bits per heavy atom. The summed E-state index contributed by atoms with van der Waals surface area (Å²) in [6.07, 6.45) is -0.679. The molecule has 0 heterocycles. The summed E-state index contributed by atoms with van der Waals surface area (Å²) >= 11 is 0. The van der Waals surface area contributed by atoms with E-state index in [0.717, 1.165) is 0 Å². The van der Waals surface area contributed by atoms with Crippen molar-refractivity contribution in [3.05, 3.63) is 23.8 Å². The van der Waals surface area contributed by atoms with Crippen LogP contribution in [0.5, 0.6) is 11.5 Å². The summed E-state index contributed by atoms with van der Waals surface area (Å²) in [4.78, 5) is 11.1. The summed E-state index contributed by atoms with van der Waals surface area (Å²) in [6.45, 7) is 0.593. The predicted octanol–water partition coefficient (Wildman–Crippen LogP) is 2.77. The first kappa shape index (κ1) is 16.7. The number of hydrazone groups is 1. The minimum Gasteiger partial charge on any atom is -0.493 e. The first-order valence-corrected chi connectivity index (χ1v) is 6.08. The summed E-state index contributed by atoms with van der Waals surface area (Å²) in [5.74, 6) is 0.0564. The summed E-state index contributed by atoms with van der Waals surface area (Å²) in [5.41, 5.74) is 3.22. The third kappa shape index (κ3) is 5.25. The molecule has 0 aliphatic carbocycles. The number of methoxy groups -OCH3 is 1. The van der Waals surface area contributed by atoms with E-state index in [0.29, 0.717) is 11.3 Å². The molecule has 0 bridgehead atoms. The number of benzene rings is 1. The normalized spacial score (nSPS) is 11.2. The van der Waals surface area contributed by atoms with Gasteiger partial charge in [0.15, 0.2) is 11.5 Å². The molecular weight excluding hydrogens is 286 g/mol. The fourth-order valence-electron chi connectivity index (χ4n) is 1.44. The molecule has 8 heteroatoms. The summed E-state index contributed by atoms with van der Waals surface area (Å²) in [6, 6.07) is 4.33. The number of carbonyl (C=O) groups is 1. The Labute approximate surface area is 120 Å². The second-order valence-corrected chi connectivity index (χ2v) is 3.77. The molecule has 0 aliphatic rings. The maximum absolute atomic E-state index is 12.2. The molecule has 0 radical (unpaired) electrons. The second-order valence-electron chi connectivity index (χ2n) is 3.77. The van der Waals surface area contributed by atoms with E-state index in [1.54, 1.807) is 13.8 Å². The molecule has 1 aromatic carbocycles. The number of alkyl halides is 2. The standard InChI is InChI=1S/C13H16F2N2O4/c1-4-20-13(18)17-16-8(2)9-5-6-10(21-12(14)15)11(7-9)19-3/h5-7,12H,4H2,1-3H3,(H,17,18)/b16-8-. The van der Waals surface area contributed by atoms with Gasteiger partial charge in [0.05, 0.1) is 19.4 Å². The van der Waals surface area contributed by atoms with E-state index < -0.39 is 12.7 Å². The maximum atomic E-state index is 12.2. The molecular formula is C13H16F2N2O4. The van der Waals surface area contributed by atoms with Crippen molar-refractivity contribution < 1.29 is 27.8 Å². The van der Waals surface area contributed by atoms with Gasteiger partial charge >= 0.3 is 12.7 Å². The molecule has 1 amide bonds. The molecule has 116 valence electrons. The van der Waals surface area contributed by atoms with Crippen LogP contribution in [0.15, 0.2) is 23.3 Å². The zero-order chi connectivity index (χ0) is 15.8. The number of nitrogens with zero attached hydrogens (tertiary/aromatic N) is 1. The van der Waals surface area contributed by atoms with Crippen molar-refractivity contribution >= 4 is 11.8 Å². The van der Waals surface area contributed by atoms with Crippen LogP contribution in [0.25, 0.3) is 0 Å². The SMILES string of the molecule is CCOC(=O)N/N=C(/C)c1ccc(OC(F)F)c(OC)c1. The van der Waals surface area contributed by atoms with Gasteiger partial charge in [-0.2, -0.15) is 13.9 Å². The van der Waals surface area contributed by atoms with Crippen LogP contribution < -0.4 is 14.9 Å². The molecule has 0 spiro atoms. The Bertz CT molecular complexity index is 521. The van der Waals surface area contributed by atoms with Crippen LogP contribution in [0, 0.1) is 0 Å². The maximum Gasteiger partial charge on any atom is 0.427 e. The van der Waals surface area contributed by atoms with E-state index in [1.807, 2.05) is 0 Å². The zero-order valence-electron chi connectivity index (χ0n) is 11.9. The lowest BCUT2D eigenvalue weighted by Crippen LogP contribution is -2.20. The summed E-state index contributed by atoms with van der Waals surface area (Å²) in [7, 11) is 1.33. The zero-order valence-corrected chi connectivity index (χ0v) is 11.9. The monoisotopic (exact) mass is 302 g/mol. The van der Waals surface area contributed by atoms with Gasteiger partial charge in [0, 0.05) is 5.56 Å². The number of carbonyl (C=O) groups excluding carboxylic acids is 1. The Morgan fingerprint density at radius 2 is 2.10 bits per heavy atom. The molecule has 0 atom stereocenters. The number of hydrogen-bond acceptors (Lipinski definition) is 5. The lowest BCUT2D eigenvalue weighted by Gasteiger charge is -2.11. The molecule has 0 saturated carbocycles. The van der Waals surface area contributed by atoms with Crippen LogP contribution in [0.4, 0.5) is 13.6 Å². The highest BCUT2D eigenvalue weighted by Crippen LogP contribution is 2.29. The van der Waals surface area contributed by atoms with Gasteiger partial charge in [-0.3, -0.25) is 0 Å². The summed E-state index contributed by atoms with van der Waals surface area (Å²) < 4.78 is 38.4. The molecule has 1 N–H and O–H groups in total. The smallest absolute Gasteiger partial charge is 0.427 e. The van der Waals surface area contributed by atoms with Gasteiger partial charge in [0.25, 0.3) is 0 Å². The molecule has 6 nitrogen and oxygen atoms in total. The van der Waals surface area contributed by atoms with Crippen LogP contribution in [0.2, 0.25) is 0 Å². The first-order valence-electron chi connectivity index (χ1n) is 6.08. The van der Waals surface area contributed by atoms with Gasteiger partial charge in [-0.05, 0) is 32.0 Å². The minimum absolute atomic E-state index is 0.0811. The van der Waals surface area contributed by atoms with Crippen molar-refractivity contribution in [1.82, 2.24) is 5.43 Å². The number of ether oxygens (including phenoxy) is 3. The second kappa shape index (κ2) is 8.03. The Morgan fingerprint density at radius 3 is 2.67 bits per heavy atom. The largest absolute Gasteiger partial charge is 0.493 e. The van der Waals surface area contributed by atoms with Crippen molar-refractivity contribution in [3.8, 4) is 11.5 Å². The van der Waals surface area contributed by atoms with Crippen molar-refractivity contribution in [2.75, 3.05) is 13.7 Å². The number of rotatable bonds is 6. The van der Waals surface area contributed by atoms with E-state index in [-0.39, 0.29) is 18.1 Å². The van der Waals surface area contributed by atoms with E-state index in [9.17, 15) is 13.6 Å². The van der Waals surface area contributed by atoms with E-state index >= 15 is 0 Å². The highest BCUT2D eigenvalue weighted by Gasteiger charge is 2.12. The van der Waals surface area contributed by atoms with E-state index in [1.165, 1.54) is 25.3 Å². The predicted molar refractivity (Wildman–Crippen MR) is 72.0 cm³/mol. The van der Waals surface area contributed by atoms with Crippen LogP contribution >= 0.6 is 0 Å². The molecule has 0 aliphatic heterocycles. The van der Waals surface area contributed by atoms with Gasteiger partial charge in [-0.25, -0.2) is 10.2 Å². The molecule has 1 rings (SSSR count). The fourth-order valence-corrected chi connectivity index (χ4v) is 1.44. The lowest BCUT2D eigenvalue weighted by molar-refractivity contribution is -0.0512. The van der Waals surface area contributed by atoms with Crippen molar-refractivity contribution in [2.24, 2.45) is 5.10 Å². The lowest BCUT2D eigenvalue weighted by atomic mass is 10.1. The first-order chi connectivity index (χ1) is 9.97. The Hall–Kier alpha value is -2.38. The Balaban J connectivity index is 2.88. The topological polar surface area (TPSA) is 69.2 Å². The average molecular weight is 302 g/mol. The minimum atomic E-state index is -2.94. The van der Waals surface area contributed by atoms with Gasteiger partial charge < -0.3 is 14.2 Å². The van der Waals surface area contributed by atoms with Crippen molar-refractivity contribution in [3.63, 3.8) is 0 Å². The number of amides is 1. The molecule has 0 aromatic heterocycles. The van der Waals surface area contributed by atoms with Crippen LogP contribution in [0.1, 0.15) is 19.4 Å². The molecule has 0 unspecified atom stereocenters. The fraction of sp³-hybridized carbons (Fsp3) is 0.385. The van der Waals surface area contributed by atoms with Crippen LogP contribution in [-0.4, -0.2) is 32.1 Å². The molecule has 0 saturated heterocycles. The third-order valence-corrected chi connectivity index (χ3v) is 2.39. The molecule has 21 heavy (non-hydrogen) atoms. The Kier molecular flexibility index (Phi) is 6.38.